The molecule has 1 aliphatic rings. The van der Waals surface area contributed by atoms with Gasteiger partial charge in [0.25, 0.3) is 0 Å². The molecule has 2 N–H and O–H groups in total. The van der Waals surface area contributed by atoms with Gasteiger partial charge in [-0.3, -0.25) is 0 Å². The number of hydrogen-bond acceptors (Lipinski definition) is 3. The normalized spacial score (nSPS) is 17.3. The number of nitrogens with two attached hydrogens (primary N) is 1. The van der Waals surface area contributed by atoms with Crippen molar-refractivity contribution in [1.29, 1.82) is 0 Å². The van der Waals surface area contributed by atoms with Crippen molar-refractivity contribution in [3.05, 3.63) is 23.8 Å². The maximum Gasteiger partial charge on any atom is 0.165 e. The Hall–Kier alpha value is -1.22. The van der Waals surface area contributed by atoms with Gasteiger partial charge < -0.3 is 15.2 Å². The molecule has 0 bridgehead atoms. The van der Waals surface area contributed by atoms with Crippen LogP contribution in [0.15, 0.2) is 18.2 Å². The van der Waals surface area contributed by atoms with Crippen molar-refractivity contribution in [2.24, 2.45) is 11.7 Å². The largest absolute Gasteiger partial charge is 0.493 e. The smallest absolute Gasteiger partial charge is 0.165 e. The summed E-state index contributed by atoms with van der Waals surface area (Å²) in [6.45, 7) is 0. The standard InChI is InChI=1S/C12H17NO2/c1-14-10-5-3-4-9(12(10)15-2)11(13)8-6-7-8/h3-5,8,11H,6-7,13H2,1-2H3/t11-/m0/s1. The first kappa shape index (κ1) is 10.3. The molecular weight excluding hydrogens is 190 g/mol. The van der Waals surface area contributed by atoms with Crippen LogP contribution in [-0.2, 0) is 0 Å². The van der Waals surface area contributed by atoms with Crippen molar-refractivity contribution in [2.75, 3.05) is 14.2 Å². The fraction of sp³-hybridized carbons (Fsp3) is 0.500. The summed E-state index contributed by atoms with van der Waals surface area (Å²) in [5.41, 5.74) is 7.22. The Morgan fingerprint density at radius 3 is 2.53 bits per heavy atom. The third kappa shape index (κ3) is 1.92. The Morgan fingerprint density at radius 1 is 1.27 bits per heavy atom. The summed E-state index contributed by atoms with van der Waals surface area (Å²) in [5.74, 6) is 2.15. The topological polar surface area (TPSA) is 44.5 Å². The maximum atomic E-state index is 6.16. The fourth-order valence-electron chi connectivity index (χ4n) is 1.88. The number of ether oxygens (including phenoxy) is 2. The van der Waals surface area contributed by atoms with Crippen LogP contribution in [-0.4, -0.2) is 14.2 Å². The van der Waals surface area contributed by atoms with Gasteiger partial charge in [-0.15, -0.1) is 0 Å². The minimum Gasteiger partial charge on any atom is -0.493 e. The van der Waals surface area contributed by atoms with Gasteiger partial charge in [-0.1, -0.05) is 12.1 Å². The molecule has 0 saturated heterocycles. The Morgan fingerprint density at radius 2 is 2.00 bits per heavy atom. The third-order valence-electron chi connectivity index (χ3n) is 2.92. The van der Waals surface area contributed by atoms with Gasteiger partial charge in [0.15, 0.2) is 11.5 Å². The van der Waals surface area contributed by atoms with Gasteiger partial charge in [-0.25, -0.2) is 0 Å². The second kappa shape index (κ2) is 4.11. The van der Waals surface area contributed by atoms with Gasteiger partial charge in [0.2, 0.25) is 0 Å². The molecule has 0 amide bonds. The first-order chi connectivity index (χ1) is 7.27. The maximum absolute atomic E-state index is 6.16. The van der Waals surface area contributed by atoms with E-state index in [0.29, 0.717) is 5.92 Å². The zero-order valence-corrected chi connectivity index (χ0v) is 9.19. The lowest BCUT2D eigenvalue weighted by atomic mass is 10.0. The lowest BCUT2D eigenvalue weighted by Gasteiger charge is -2.17. The van der Waals surface area contributed by atoms with E-state index in [1.807, 2.05) is 18.2 Å². The van der Waals surface area contributed by atoms with Crippen molar-refractivity contribution in [1.82, 2.24) is 0 Å². The quantitative estimate of drug-likeness (QED) is 0.822. The van der Waals surface area contributed by atoms with Crippen LogP contribution < -0.4 is 15.2 Å². The molecule has 0 spiro atoms. The predicted molar refractivity (Wildman–Crippen MR) is 59.2 cm³/mol. The van der Waals surface area contributed by atoms with Gasteiger partial charge in [-0.2, -0.15) is 0 Å². The summed E-state index contributed by atoms with van der Waals surface area (Å²) >= 11 is 0. The van der Waals surface area contributed by atoms with E-state index in [1.165, 1.54) is 12.8 Å². The predicted octanol–water partition coefficient (Wildman–Crippen LogP) is 2.11. The van der Waals surface area contributed by atoms with E-state index in [1.54, 1.807) is 14.2 Å². The van der Waals surface area contributed by atoms with Crippen LogP contribution >= 0.6 is 0 Å². The first-order valence-corrected chi connectivity index (χ1v) is 5.24. The molecule has 1 saturated carbocycles. The highest BCUT2D eigenvalue weighted by Gasteiger charge is 2.31. The summed E-state index contributed by atoms with van der Waals surface area (Å²) in [6, 6.07) is 5.95. The Balaban J connectivity index is 2.35. The third-order valence-corrected chi connectivity index (χ3v) is 2.92. The van der Waals surface area contributed by atoms with Crippen LogP contribution in [0.5, 0.6) is 11.5 Å². The van der Waals surface area contributed by atoms with Crippen LogP contribution in [0.25, 0.3) is 0 Å². The van der Waals surface area contributed by atoms with Crippen LogP contribution in [0.4, 0.5) is 0 Å². The number of benzene rings is 1. The van der Waals surface area contributed by atoms with E-state index in [4.69, 9.17) is 15.2 Å². The summed E-state index contributed by atoms with van der Waals surface area (Å²) < 4.78 is 10.6. The van der Waals surface area contributed by atoms with Gasteiger partial charge in [0.1, 0.15) is 0 Å². The molecule has 1 aliphatic carbocycles. The van der Waals surface area contributed by atoms with Crippen molar-refractivity contribution in [3.63, 3.8) is 0 Å². The first-order valence-electron chi connectivity index (χ1n) is 5.24. The molecule has 1 atom stereocenters. The zero-order valence-electron chi connectivity index (χ0n) is 9.19. The summed E-state index contributed by atoms with van der Waals surface area (Å²) in [5, 5.41) is 0. The molecule has 0 unspecified atom stereocenters. The molecule has 3 nitrogen and oxygen atoms in total. The van der Waals surface area contributed by atoms with E-state index in [2.05, 4.69) is 0 Å². The number of rotatable bonds is 4. The van der Waals surface area contributed by atoms with Crippen molar-refractivity contribution in [3.8, 4) is 11.5 Å². The number of para-hydroxylation sites is 1. The van der Waals surface area contributed by atoms with Gasteiger partial charge in [0.05, 0.1) is 14.2 Å². The molecule has 0 aromatic heterocycles. The molecular formula is C12H17NO2. The van der Waals surface area contributed by atoms with Crippen LogP contribution in [0.1, 0.15) is 24.4 Å². The van der Waals surface area contributed by atoms with Crippen LogP contribution in [0.2, 0.25) is 0 Å². The Labute approximate surface area is 90.2 Å². The van der Waals surface area contributed by atoms with E-state index in [9.17, 15) is 0 Å². The summed E-state index contributed by atoms with van der Waals surface area (Å²) in [4.78, 5) is 0. The molecule has 3 heteroatoms. The van der Waals surface area contributed by atoms with Gasteiger partial charge in [-0.05, 0) is 24.8 Å². The minimum atomic E-state index is 0.0787. The number of hydrogen-bond donors (Lipinski definition) is 1. The molecule has 0 aliphatic heterocycles. The zero-order chi connectivity index (χ0) is 10.8. The molecule has 15 heavy (non-hydrogen) atoms. The highest BCUT2D eigenvalue weighted by molar-refractivity contribution is 5.48. The van der Waals surface area contributed by atoms with E-state index >= 15 is 0 Å². The highest BCUT2D eigenvalue weighted by atomic mass is 16.5. The number of methoxy groups -OCH3 is 2. The monoisotopic (exact) mass is 207 g/mol. The van der Waals surface area contributed by atoms with Crippen molar-refractivity contribution in [2.45, 2.75) is 18.9 Å². The summed E-state index contributed by atoms with van der Waals surface area (Å²) in [7, 11) is 3.30. The van der Waals surface area contributed by atoms with Gasteiger partial charge in [0, 0.05) is 11.6 Å². The molecule has 82 valence electrons. The molecule has 1 fully saturated rings. The molecule has 0 radical (unpaired) electrons. The Bertz CT molecular complexity index is 347. The van der Waals surface area contributed by atoms with E-state index in [0.717, 1.165) is 17.1 Å². The summed E-state index contributed by atoms with van der Waals surface area (Å²) in [6.07, 6.45) is 2.45. The molecule has 0 heterocycles. The average molecular weight is 207 g/mol. The van der Waals surface area contributed by atoms with Crippen molar-refractivity contribution >= 4 is 0 Å². The lowest BCUT2D eigenvalue weighted by Crippen LogP contribution is -2.13. The average Bonchev–Trinajstić information content (AvgIpc) is 3.10. The Kier molecular flexibility index (Phi) is 2.82. The lowest BCUT2D eigenvalue weighted by molar-refractivity contribution is 0.348. The second-order valence-electron chi connectivity index (χ2n) is 3.95. The van der Waals surface area contributed by atoms with E-state index in [-0.39, 0.29) is 6.04 Å². The molecule has 1 aromatic rings. The van der Waals surface area contributed by atoms with Crippen LogP contribution in [0, 0.1) is 5.92 Å². The minimum absolute atomic E-state index is 0.0787. The second-order valence-corrected chi connectivity index (χ2v) is 3.95. The molecule has 2 rings (SSSR count). The van der Waals surface area contributed by atoms with Gasteiger partial charge >= 0.3 is 0 Å². The molecule has 1 aromatic carbocycles. The van der Waals surface area contributed by atoms with Crippen LogP contribution in [0.3, 0.4) is 0 Å². The van der Waals surface area contributed by atoms with E-state index < -0.39 is 0 Å². The SMILES string of the molecule is COc1cccc([C@@H](N)C2CC2)c1OC. The fourth-order valence-corrected chi connectivity index (χ4v) is 1.88. The highest BCUT2D eigenvalue weighted by Crippen LogP contribution is 2.44. The van der Waals surface area contributed by atoms with Crippen molar-refractivity contribution < 1.29 is 9.47 Å².